The lowest BCUT2D eigenvalue weighted by Gasteiger charge is -2.17. The van der Waals surface area contributed by atoms with E-state index in [-0.39, 0.29) is 27.8 Å². The van der Waals surface area contributed by atoms with Gasteiger partial charge in [0.15, 0.2) is 0 Å². The molecule has 3 rings (SSSR count). The number of amides is 1. The number of carbonyl (C=O) groups excluding carboxylic acids is 1. The van der Waals surface area contributed by atoms with Crippen molar-refractivity contribution in [2.75, 3.05) is 0 Å². The van der Waals surface area contributed by atoms with Crippen LogP contribution in [0.25, 0.3) is 0 Å². The van der Waals surface area contributed by atoms with Crippen LogP contribution in [0.15, 0.2) is 60.8 Å². The number of halogens is 2. The molecule has 0 bridgehead atoms. The standard InChI is InChI=1S/C21H16ClFN2O4/c1-12(16-7-2-3-8-17(16)21(27)28)25-19(26)18-9-13(22)11-24-20(18)29-15-6-4-5-14(23)10-15/h2-12H,1H3,(H,25,26)(H,27,28)/t12-/m0/s1. The molecule has 0 aliphatic heterocycles. The Morgan fingerprint density at radius 2 is 1.90 bits per heavy atom. The minimum atomic E-state index is -1.10. The maximum atomic E-state index is 13.4. The van der Waals surface area contributed by atoms with Crippen LogP contribution >= 0.6 is 11.6 Å². The topological polar surface area (TPSA) is 88.5 Å². The van der Waals surface area contributed by atoms with Gasteiger partial charge in [0.05, 0.1) is 16.6 Å². The van der Waals surface area contributed by atoms with Gasteiger partial charge in [-0.2, -0.15) is 0 Å². The summed E-state index contributed by atoms with van der Waals surface area (Å²) in [5.41, 5.74) is 0.554. The predicted octanol–water partition coefficient (Wildman–Crippen LogP) is 4.86. The highest BCUT2D eigenvalue weighted by Gasteiger charge is 2.21. The van der Waals surface area contributed by atoms with Crippen LogP contribution < -0.4 is 10.1 Å². The quantitative estimate of drug-likeness (QED) is 0.601. The van der Waals surface area contributed by atoms with Gasteiger partial charge in [-0.15, -0.1) is 0 Å². The van der Waals surface area contributed by atoms with Crippen LogP contribution in [0.1, 0.15) is 39.2 Å². The molecule has 0 saturated heterocycles. The zero-order chi connectivity index (χ0) is 21.0. The van der Waals surface area contributed by atoms with E-state index in [9.17, 15) is 19.1 Å². The van der Waals surface area contributed by atoms with Crippen LogP contribution in [0.3, 0.4) is 0 Å². The van der Waals surface area contributed by atoms with Crippen molar-refractivity contribution in [1.29, 1.82) is 0 Å². The Balaban J connectivity index is 1.87. The molecule has 1 heterocycles. The highest BCUT2D eigenvalue weighted by molar-refractivity contribution is 6.30. The number of aromatic carboxylic acids is 1. The Bertz CT molecular complexity index is 1070. The van der Waals surface area contributed by atoms with Crippen LogP contribution in [0.2, 0.25) is 5.02 Å². The Hall–Kier alpha value is -3.45. The summed E-state index contributed by atoms with van der Waals surface area (Å²) < 4.78 is 19.0. The first-order valence-electron chi connectivity index (χ1n) is 8.57. The van der Waals surface area contributed by atoms with Crippen molar-refractivity contribution in [3.63, 3.8) is 0 Å². The molecule has 0 aliphatic carbocycles. The van der Waals surface area contributed by atoms with Crippen LogP contribution in [-0.4, -0.2) is 22.0 Å². The van der Waals surface area contributed by atoms with Crippen molar-refractivity contribution in [2.24, 2.45) is 0 Å². The van der Waals surface area contributed by atoms with Gasteiger partial charge in [-0.25, -0.2) is 14.2 Å². The van der Waals surface area contributed by atoms with Gasteiger partial charge in [0, 0.05) is 12.3 Å². The molecule has 0 unspecified atom stereocenters. The number of ether oxygens (including phenoxy) is 1. The van der Waals surface area contributed by atoms with E-state index < -0.39 is 23.7 Å². The first kappa shape index (κ1) is 20.3. The van der Waals surface area contributed by atoms with Crippen LogP contribution in [0.5, 0.6) is 11.6 Å². The van der Waals surface area contributed by atoms with E-state index in [2.05, 4.69) is 10.3 Å². The number of nitrogens with one attached hydrogen (secondary N) is 1. The van der Waals surface area contributed by atoms with E-state index in [1.807, 2.05) is 0 Å². The van der Waals surface area contributed by atoms with Gasteiger partial charge >= 0.3 is 5.97 Å². The molecule has 1 atom stereocenters. The van der Waals surface area contributed by atoms with Crippen molar-refractivity contribution < 1.29 is 23.8 Å². The normalized spacial score (nSPS) is 11.6. The zero-order valence-electron chi connectivity index (χ0n) is 15.2. The second-order valence-electron chi connectivity index (χ2n) is 6.15. The average molecular weight is 415 g/mol. The van der Waals surface area contributed by atoms with Gasteiger partial charge in [0.1, 0.15) is 17.1 Å². The average Bonchev–Trinajstić information content (AvgIpc) is 2.69. The SMILES string of the molecule is C[C@H](NC(=O)c1cc(Cl)cnc1Oc1cccc(F)c1)c1ccccc1C(=O)O. The summed E-state index contributed by atoms with van der Waals surface area (Å²) in [7, 11) is 0. The highest BCUT2D eigenvalue weighted by Crippen LogP contribution is 2.27. The molecule has 1 aromatic heterocycles. The van der Waals surface area contributed by atoms with E-state index in [1.54, 1.807) is 25.1 Å². The van der Waals surface area contributed by atoms with Gasteiger partial charge in [-0.3, -0.25) is 4.79 Å². The lowest BCUT2D eigenvalue weighted by atomic mass is 10.0. The van der Waals surface area contributed by atoms with Crippen molar-refractivity contribution in [3.05, 3.63) is 88.3 Å². The summed E-state index contributed by atoms with van der Waals surface area (Å²) in [4.78, 5) is 28.3. The molecule has 3 aromatic rings. The van der Waals surface area contributed by atoms with E-state index in [0.717, 1.165) is 6.07 Å². The summed E-state index contributed by atoms with van der Waals surface area (Å²) >= 11 is 5.97. The molecule has 0 aliphatic rings. The van der Waals surface area contributed by atoms with Gasteiger partial charge < -0.3 is 15.2 Å². The molecule has 148 valence electrons. The Labute approximate surface area is 170 Å². The molecule has 0 fully saturated rings. The molecular formula is C21H16ClFN2O4. The molecule has 2 aromatic carbocycles. The van der Waals surface area contributed by atoms with E-state index in [0.29, 0.717) is 5.56 Å². The number of aromatic nitrogens is 1. The number of hydrogen-bond donors (Lipinski definition) is 2. The third kappa shape index (κ3) is 4.89. The van der Waals surface area contributed by atoms with Crippen LogP contribution in [0.4, 0.5) is 4.39 Å². The molecule has 0 radical (unpaired) electrons. The third-order valence-electron chi connectivity index (χ3n) is 4.08. The van der Waals surface area contributed by atoms with Gasteiger partial charge in [-0.1, -0.05) is 35.9 Å². The summed E-state index contributed by atoms with van der Waals surface area (Å²) in [5, 5.41) is 12.3. The van der Waals surface area contributed by atoms with Gasteiger partial charge in [0.2, 0.25) is 5.88 Å². The summed E-state index contributed by atoms with van der Waals surface area (Å²) in [5.74, 6) is -2.06. The van der Waals surface area contributed by atoms with Crippen LogP contribution in [0, 0.1) is 5.82 Å². The van der Waals surface area contributed by atoms with Crippen LogP contribution in [-0.2, 0) is 0 Å². The van der Waals surface area contributed by atoms with Crippen molar-refractivity contribution in [1.82, 2.24) is 10.3 Å². The Morgan fingerprint density at radius 3 is 2.62 bits per heavy atom. The first-order valence-corrected chi connectivity index (χ1v) is 8.95. The molecule has 0 saturated carbocycles. The smallest absolute Gasteiger partial charge is 0.336 e. The minimum absolute atomic E-state index is 0.0291. The maximum Gasteiger partial charge on any atom is 0.336 e. The van der Waals surface area contributed by atoms with Crippen molar-refractivity contribution in [2.45, 2.75) is 13.0 Å². The summed E-state index contributed by atoms with van der Waals surface area (Å²) in [6.07, 6.45) is 1.30. The number of rotatable bonds is 6. The second-order valence-corrected chi connectivity index (χ2v) is 6.59. The number of benzene rings is 2. The Morgan fingerprint density at radius 1 is 1.14 bits per heavy atom. The van der Waals surface area contributed by atoms with Crippen molar-refractivity contribution >= 4 is 23.5 Å². The van der Waals surface area contributed by atoms with Gasteiger partial charge in [-0.05, 0) is 36.8 Å². The van der Waals surface area contributed by atoms with Gasteiger partial charge in [0.25, 0.3) is 5.91 Å². The Kier molecular flexibility index (Phi) is 6.09. The fraction of sp³-hybridized carbons (Fsp3) is 0.0952. The fourth-order valence-electron chi connectivity index (χ4n) is 2.73. The summed E-state index contributed by atoms with van der Waals surface area (Å²) in [6.45, 7) is 1.66. The zero-order valence-corrected chi connectivity index (χ0v) is 16.0. The monoisotopic (exact) mass is 414 g/mol. The number of carbonyl (C=O) groups is 2. The molecule has 6 nitrogen and oxygen atoms in total. The number of carboxylic acids is 1. The predicted molar refractivity (Wildman–Crippen MR) is 105 cm³/mol. The molecule has 8 heteroatoms. The first-order chi connectivity index (χ1) is 13.8. The number of hydrogen-bond acceptors (Lipinski definition) is 4. The molecule has 2 N–H and O–H groups in total. The second kappa shape index (κ2) is 8.70. The number of nitrogens with zero attached hydrogens (tertiary/aromatic N) is 1. The minimum Gasteiger partial charge on any atom is -0.478 e. The number of carboxylic acid groups (broad SMARTS) is 1. The molecule has 0 spiro atoms. The molecule has 1 amide bonds. The molecular weight excluding hydrogens is 399 g/mol. The maximum absolute atomic E-state index is 13.4. The molecule has 29 heavy (non-hydrogen) atoms. The van der Waals surface area contributed by atoms with E-state index in [1.165, 1.54) is 36.5 Å². The lowest BCUT2D eigenvalue weighted by Crippen LogP contribution is -2.28. The largest absolute Gasteiger partial charge is 0.478 e. The highest BCUT2D eigenvalue weighted by atomic mass is 35.5. The van der Waals surface area contributed by atoms with E-state index >= 15 is 0 Å². The number of pyridine rings is 1. The third-order valence-corrected chi connectivity index (χ3v) is 4.29. The van der Waals surface area contributed by atoms with Crippen molar-refractivity contribution in [3.8, 4) is 11.6 Å². The fourth-order valence-corrected chi connectivity index (χ4v) is 2.89. The van der Waals surface area contributed by atoms with E-state index in [4.69, 9.17) is 16.3 Å². The summed E-state index contributed by atoms with van der Waals surface area (Å²) in [6, 6.07) is 12.5. The lowest BCUT2D eigenvalue weighted by molar-refractivity contribution is 0.0693.